The van der Waals surface area contributed by atoms with Crippen LogP contribution in [-0.2, 0) is 0 Å². The van der Waals surface area contributed by atoms with E-state index in [1.807, 2.05) is 0 Å². The van der Waals surface area contributed by atoms with Crippen LogP contribution in [0, 0.1) is 10.8 Å². The summed E-state index contributed by atoms with van der Waals surface area (Å²) in [7, 11) is 0. The van der Waals surface area contributed by atoms with Gasteiger partial charge in [0, 0.05) is 13.1 Å². The highest BCUT2D eigenvalue weighted by Gasteiger charge is 2.56. The molecule has 0 bridgehead atoms. The summed E-state index contributed by atoms with van der Waals surface area (Å²) in [5, 5.41) is 3.61. The zero-order valence-electron chi connectivity index (χ0n) is 7.60. The lowest BCUT2D eigenvalue weighted by Crippen LogP contribution is -2.37. The summed E-state index contributed by atoms with van der Waals surface area (Å²) in [4.78, 5) is 0. The first kappa shape index (κ1) is 7.14. The molecule has 1 aliphatic heterocycles. The van der Waals surface area contributed by atoms with Crippen LogP contribution in [0.1, 0.15) is 32.1 Å². The van der Waals surface area contributed by atoms with Gasteiger partial charge in [-0.3, -0.25) is 0 Å². The Balaban J connectivity index is 2.06. The summed E-state index contributed by atoms with van der Waals surface area (Å²) in [5.41, 5.74) is 1.36. The van der Waals surface area contributed by atoms with Gasteiger partial charge < -0.3 is 5.32 Å². The lowest BCUT2D eigenvalue weighted by molar-refractivity contribution is 0.131. The van der Waals surface area contributed by atoms with Gasteiger partial charge in [0.05, 0.1) is 0 Å². The molecule has 1 saturated heterocycles. The van der Waals surface area contributed by atoms with E-state index in [1.54, 1.807) is 0 Å². The largest absolute Gasteiger partial charge is 0.316 e. The molecule has 1 nitrogen and oxygen atoms in total. The average molecular weight is 163 g/mol. The summed E-state index contributed by atoms with van der Waals surface area (Å²) in [6, 6.07) is 0. The Bertz CT molecular complexity index is 197. The molecule has 12 heavy (non-hydrogen) atoms. The SMILES string of the molecule is C1=CC[C@]23CCC[C@@]2(C1)CNC3. The first-order chi connectivity index (χ1) is 5.87. The van der Waals surface area contributed by atoms with Crippen molar-refractivity contribution < 1.29 is 0 Å². The van der Waals surface area contributed by atoms with Gasteiger partial charge in [0.1, 0.15) is 0 Å². The van der Waals surface area contributed by atoms with Crippen LogP contribution in [0.25, 0.3) is 0 Å². The van der Waals surface area contributed by atoms with E-state index in [-0.39, 0.29) is 0 Å². The van der Waals surface area contributed by atoms with E-state index in [0.29, 0.717) is 10.8 Å². The Kier molecular flexibility index (Phi) is 1.27. The Morgan fingerprint density at radius 3 is 2.08 bits per heavy atom. The minimum absolute atomic E-state index is 0.682. The molecule has 1 heteroatoms. The molecule has 1 heterocycles. The van der Waals surface area contributed by atoms with Gasteiger partial charge in [-0.25, -0.2) is 0 Å². The molecule has 1 N–H and O–H groups in total. The molecule has 0 spiro atoms. The van der Waals surface area contributed by atoms with Crippen molar-refractivity contribution in [3.8, 4) is 0 Å². The molecule has 66 valence electrons. The van der Waals surface area contributed by atoms with Crippen molar-refractivity contribution in [1.29, 1.82) is 0 Å². The maximum absolute atomic E-state index is 3.61. The van der Waals surface area contributed by atoms with E-state index in [1.165, 1.54) is 45.2 Å². The molecule has 0 aromatic rings. The first-order valence-electron chi connectivity index (χ1n) is 5.23. The van der Waals surface area contributed by atoms with Gasteiger partial charge >= 0.3 is 0 Å². The molecule has 2 aliphatic carbocycles. The lowest BCUT2D eigenvalue weighted by Gasteiger charge is -2.41. The quantitative estimate of drug-likeness (QED) is 0.539. The van der Waals surface area contributed by atoms with Gasteiger partial charge in [0.15, 0.2) is 0 Å². The van der Waals surface area contributed by atoms with Crippen molar-refractivity contribution in [2.45, 2.75) is 32.1 Å². The van der Waals surface area contributed by atoms with Crippen LogP contribution < -0.4 is 5.32 Å². The highest BCUT2D eigenvalue weighted by atomic mass is 15.0. The van der Waals surface area contributed by atoms with Crippen LogP contribution in [-0.4, -0.2) is 13.1 Å². The normalized spacial score (nSPS) is 50.7. The minimum Gasteiger partial charge on any atom is -0.316 e. The maximum atomic E-state index is 3.61. The predicted octanol–water partition coefficient (Wildman–Crippen LogP) is 2.10. The smallest absolute Gasteiger partial charge is 0.00169 e. The van der Waals surface area contributed by atoms with Crippen molar-refractivity contribution in [3.63, 3.8) is 0 Å². The van der Waals surface area contributed by atoms with E-state index < -0.39 is 0 Å². The molecule has 2 atom stereocenters. The molecule has 0 unspecified atom stereocenters. The van der Waals surface area contributed by atoms with Crippen LogP contribution in [0.5, 0.6) is 0 Å². The second-order valence-corrected chi connectivity index (χ2v) is 4.90. The minimum atomic E-state index is 0.682. The van der Waals surface area contributed by atoms with Gasteiger partial charge in [0.25, 0.3) is 0 Å². The van der Waals surface area contributed by atoms with Crippen LogP contribution in [0.15, 0.2) is 12.2 Å². The molecule has 3 aliphatic rings. The van der Waals surface area contributed by atoms with E-state index >= 15 is 0 Å². The van der Waals surface area contributed by atoms with E-state index in [2.05, 4.69) is 17.5 Å². The second kappa shape index (κ2) is 2.14. The lowest BCUT2D eigenvalue weighted by atomic mass is 9.62. The monoisotopic (exact) mass is 163 g/mol. The van der Waals surface area contributed by atoms with Gasteiger partial charge in [-0.1, -0.05) is 18.6 Å². The number of nitrogens with one attached hydrogen (secondary N) is 1. The number of rotatable bonds is 0. The highest BCUT2D eigenvalue weighted by molar-refractivity contribution is 5.17. The zero-order valence-corrected chi connectivity index (χ0v) is 7.60. The third-order valence-corrected chi connectivity index (χ3v) is 4.55. The summed E-state index contributed by atoms with van der Waals surface area (Å²) in [5.74, 6) is 0. The zero-order chi connectivity index (χ0) is 8.07. The highest BCUT2D eigenvalue weighted by Crippen LogP contribution is 2.60. The van der Waals surface area contributed by atoms with E-state index in [0.717, 1.165) is 0 Å². The number of allylic oxidation sites excluding steroid dienone is 2. The van der Waals surface area contributed by atoms with Gasteiger partial charge in [-0.15, -0.1) is 0 Å². The molecule has 0 aromatic carbocycles. The molecule has 0 radical (unpaired) electrons. The maximum Gasteiger partial charge on any atom is 0.00169 e. The average Bonchev–Trinajstić information content (AvgIpc) is 2.57. The summed E-state index contributed by atoms with van der Waals surface area (Å²) in [6.07, 6.45) is 11.9. The molecule has 0 aromatic heterocycles. The summed E-state index contributed by atoms with van der Waals surface area (Å²) < 4.78 is 0. The first-order valence-corrected chi connectivity index (χ1v) is 5.23. The topological polar surface area (TPSA) is 12.0 Å². The van der Waals surface area contributed by atoms with Crippen LogP contribution in [0.2, 0.25) is 0 Å². The van der Waals surface area contributed by atoms with Crippen LogP contribution >= 0.6 is 0 Å². The third-order valence-electron chi connectivity index (χ3n) is 4.55. The Labute approximate surface area is 74.2 Å². The molecule has 0 amide bonds. The fourth-order valence-corrected chi connectivity index (χ4v) is 3.79. The van der Waals surface area contributed by atoms with Crippen LogP contribution in [0.3, 0.4) is 0 Å². The van der Waals surface area contributed by atoms with Crippen molar-refractivity contribution in [1.82, 2.24) is 5.32 Å². The standard InChI is InChI=1S/C11H17N/c1-2-5-11-7-3-6-10(11,4-1)8-12-9-11/h1-2,12H,3-9H2/t10-,11+. The predicted molar refractivity (Wildman–Crippen MR) is 50.0 cm³/mol. The van der Waals surface area contributed by atoms with Crippen molar-refractivity contribution in [2.75, 3.05) is 13.1 Å². The summed E-state index contributed by atoms with van der Waals surface area (Å²) >= 11 is 0. The van der Waals surface area contributed by atoms with E-state index in [4.69, 9.17) is 0 Å². The molecule has 3 rings (SSSR count). The van der Waals surface area contributed by atoms with Gasteiger partial charge in [-0.05, 0) is 36.5 Å². The fourth-order valence-electron chi connectivity index (χ4n) is 3.79. The Hall–Kier alpha value is -0.300. The van der Waals surface area contributed by atoms with Gasteiger partial charge in [0.2, 0.25) is 0 Å². The molecular formula is C11H17N. The second-order valence-electron chi connectivity index (χ2n) is 4.90. The third kappa shape index (κ3) is 0.646. The van der Waals surface area contributed by atoms with Crippen LogP contribution in [0.4, 0.5) is 0 Å². The molecule has 2 fully saturated rings. The Morgan fingerprint density at radius 2 is 1.50 bits per heavy atom. The van der Waals surface area contributed by atoms with Crippen molar-refractivity contribution in [2.24, 2.45) is 10.8 Å². The summed E-state index contributed by atoms with van der Waals surface area (Å²) in [6.45, 7) is 2.58. The molecule has 1 saturated carbocycles. The van der Waals surface area contributed by atoms with Crippen molar-refractivity contribution in [3.05, 3.63) is 12.2 Å². The van der Waals surface area contributed by atoms with Gasteiger partial charge in [-0.2, -0.15) is 0 Å². The number of hydrogen-bond donors (Lipinski definition) is 1. The number of hydrogen-bond acceptors (Lipinski definition) is 1. The Morgan fingerprint density at radius 1 is 0.917 bits per heavy atom. The molecular weight excluding hydrogens is 146 g/mol. The fraction of sp³-hybridized carbons (Fsp3) is 0.818. The van der Waals surface area contributed by atoms with E-state index in [9.17, 15) is 0 Å². The van der Waals surface area contributed by atoms with Crippen molar-refractivity contribution >= 4 is 0 Å².